The fourth-order valence-electron chi connectivity index (χ4n) is 0. The first-order valence-corrected chi connectivity index (χ1v) is 0. The Hall–Kier alpha value is 1.70. The first-order valence-electron chi connectivity index (χ1n) is 0. The topological polar surface area (TPSA) is 31.5 Å². The average Bonchev–Trinajstić information content (AvgIpc) is 0. The summed E-state index contributed by atoms with van der Waals surface area (Å²) in [6, 6.07) is 0. The van der Waals surface area contributed by atoms with Crippen LogP contribution in [0.25, 0.3) is 0 Å². The summed E-state index contributed by atoms with van der Waals surface area (Å²) < 4.78 is 0. The van der Waals surface area contributed by atoms with E-state index in [4.69, 9.17) is 0 Å². The van der Waals surface area contributed by atoms with Gasteiger partial charge in [-0.2, -0.15) is 0 Å². The van der Waals surface area contributed by atoms with E-state index in [0.717, 1.165) is 0 Å². The molecule has 0 unspecified atom stereocenters. The van der Waals surface area contributed by atoms with Crippen LogP contribution in [0.3, 0.4) is 0 Å². The van der Waals surface area contributed by atoms with Gasteiger partial charge in [-0.15, -0.1) is 37.2 Å². The second-order valence-electron chi connectivity index (χ2n) is 0. The van der Waals surface area contributed by atoms with Crippen LogP contribution in [0.1, 0.15) is 0 Å². The first-order chi connectivity index (χ1) is 0. The summed E-state index contributed by atoms with van der Waals surface area (Å²) in [5.74, 6) is 0. The van der Waals surface area contributed by atoms with Gasteiger partial charge in [0.2, 0.25) is 0 Å². The van der Waals surface area contributed by atoms with Crippen LogP contribution in [-0.2, 0) is 25.8 Å². The van der Waals surface area contributed by atoms with Crippen LogP contribution < -0.4 is 0 Å². The molecule has 35 valence electrons. The molecule has 0 heterocycles. The third kappa shape index (κ3) is 27.0. The molecule has 0 aromatic heterocycles. The number of rotatable bonds is 0. The minimum Gasteiger partial charge on any atom is -0.412 e. The Balaban J connectivity index is 0. The molecule has 1 nitrogen and oxygen atoms in total. The van der Waals surface area contributed by atoms with Crippen LogP contribution in [0, 0.1) is 0 Å². The van der Waals surface area contributed by atoms with Gasteiger partial charge in [-0.25, -0.2) is 0 Å². The SMILES string of the molecule is Cl.Cl.Cl.O.[Sc]. The number of hydrogen-bond donors (Lipinski definition) is 0. The standard InChI is InChI=1S/3ClH.H2O.Sc/h3*1H;1H2;. The Morgan fingerprint density at radius 3 is 0.600 bits per heavy atom. The molecule has 0 bridgehead atoms. The van der Waals surface area contributed by atoms with Gasteiger partial charge in [0.25, 0.3) is 0 Å². The molecule has 0 aliphatic heterocycles. The van der Waals surface area contributed by atoms with E-state index in [1.807, 2.05) is 0 Å². The van der Waals surface area contributed by atoms with Crippen molar-refractivity contribution < 1.29 is 31.3 Å². The molecule has 0 amide bonds. The molecule has 5 heteroatoms. The molecule has 0 spiro atoms. The summed E-state index contributed by atoms with van der Waals surface area (Å²) in [4.78, 5) is 0. The monoisotopic (exact) mass is 171 g/mol. The van der Waals surface area contributed by atoms with Gasteiger partial charge >= 0.3 is 0 Å². The Morgan fingerprint density at radius 1 is 0.600 bits per heavy atom. The maximum atomic E-state index is 0. The molecule has 2 N–H and O–H groups in total. The van der Waals surface area contributed by atoms with Crippen LogP contribution in [-0.4, -0.2) is 5.48 Å². The maximum absolute atomic E-state index is 0. The van der Waals surface area contributed by atoms with Crippen molar-refractivity contribution in [3.05, 3.63) is 0 Å². The van der Waals surface area contributed by atoms with Gasteiger partial charge in [0, 0.05) is 25.8 Å². The summed E-state index contributed by atoms with van der Waals surface area (Å²) >= 11 is 0. The van der Waals surface area contributed by atoms with Crippen molar-refractivity contribution in [3.63, 3.8) is 0 Å². The summed E-state index contributed by atoms with van der Waals surface area (Å²) in [5, 5.41) is 0. The van der Waals surface area contributed by atoms with Crippen molar-refractivity contribution in [1.29, 1.82) is 0 Å². The summed E-state index contributed by atoms with van der Waals surface area (Å²) in [5.41, 5.74) is 0. The zero-order valence-corrected chi connectivity index (χ0v) is 6.55. The third-order valence-electron chi connectivity index (χ3n) is 0. The second-order valence-corrected chi connectivity index (χ2v) is 0. The summed E-state index contributed by atoms with van der Waals surface area (Å²) in [7, 11) is 0. The molecular weight excluding hydrogens is 167 g/mol. The van der Waals surface area contributed by atoms with Crippen molar-refractivity contribution in [2.24, 2.45) is 0 Å². The van der Waals surface area contributed by atoms with Crippen LogP contribution in [0.5, 0.6) is 0 Å². The molecule has 0 saturated carbocycles. The molecule has 0 aromatic rings. The Morgan fingerprint density at radius 2 is 0.600 bits per heavy atom. The van der Waals surface area contributed by atoms with E-state index in [1.165, 1.54) is 0 Å². The molecule has 0 aliphatic rings. The van der Waals surface area contributed by atoms with Gasteiger partial charge in [0.1, 0.15) is 0 Å². The second kappa shape index (κ2) is 43.6. The molecule has 0 fully saturated rings. The predicted octanol–water partition coefficient (Wildman–Crippen LogP) is 0.438. The maximum Gasteiger partial charge on any atom is 0 e. The van der Waals surface area contributed by atoms with E-state index in [1.54, 1.807) is 0 Å². The zero-order valence-electron chi connectivity index (χ0n) is 2.30. The van der Waals surface area contributed by atoms with Gasteiger partial charge in [-0.1, -0.05) is 0 Å². The largest absolute Gasteiger partial charge is 0.412 e. The van der Waals surface area contributed by atoms with E-state index in [9.17, 15) is 0 Å². The number of hydrogen-bond acceptors (Lipinski definition) is 0. The van der Waals surface area contributed by atoms with Gasteiger partial charge < -0.3 is 5.48 Å². The summed E-state index contributed by atoms with van der Waals surface area (Å²) in [6.07, 6.45) is 0. The van der Waals surface area contributed by atoms with Crippen molar-refractivity contribution in [2.45, 2.75) is 0 Å². The minimum absolute atomic E-state index is 0. The molecule has 0 aliphatic carbocycles. The quantitative estimate of drug-likeness (QED) is 0.508. The van der Waals surface area contributed by atoms with E-state index in [2.05, 4.69) is 0 Å². The molecule has 0 saturated heterocycles. The normalized spacial score (nSPS) is 0. The fourth-order valence-corrected chi connectivity index (χ4v) is 0. The molecule has 1 radical (unpaired) electrons. The van der Waals surface area contributed by atoms with E-state index in [-0.39, 0.29) is 68.5 Å². The van der Waals surface area contributed by atoms with Crippen LogP contribution in [0.2, 0.25) is 0 Å². The Labute approximate surface area is 68.2 Å². The molecule has 0 rings (SSSR count). The number of halogens is 3. The Bertz CT molecular complexity index is 6.85. The van der Waals surface area contributed by atoms with Crippen molar-refractivity contribution in [1.82, 2.24) is 0 Å². The fraction of sp³-hybridized carbons (Fsp3) is 0. The minimum atomic E-state index is 0. The third-order valence-corrected chi connectivity index (χ3v) is 0. The van der Waals surface area contributed by atoms with Crippen molar-refractivity contribution in [2.75, 3.05) is 0 Å². The van der Waals surface area contributed by atoms with Crippen molar-refractivity contribution in [3.8, 4) is 0 Å². The van der Waals surface area contributed by atoms with E-state index >= 15 is 0 Å². The van der Waals surface area contributed by atoms with Gasteiger partial charge in [0.05, 0.1) is 0 Å². The van der Waals surface area contributed by atoms with Crippen LogP contribution in [0.15, 0.2) is 0 Å². The van der Waals surface area contributed by atoms with Gasteiger partial charge in [-0.3, -0.25) is 0 Å². The van der Waals surface area contributed by atoms with Crippen molar-refractivity contribution >= 4 is 37.2 Å². The van der Waals surface area contributed by atoms with E-state index < -0.39 is 0 Å². The van der Waals surface area contributed by atoms with Gasteiger partial charge in [0.15, 0.2) is 0 Å². The van der Waals surface area contributed by atoms with Crippen LogP contribution >= 0.6 is 37.2 Å². The smallest absolute Gasteiger partial charge is 0 e. The first kappa shape index (κ1) is 75.3. The zero-order chi connectivity index (χ0) is 0. The molecular formula is H5Cl3OSc. The van der Waals surface area contributed by atoms with Crippen LogP contribution in [0.4, 0.5) is 0 Å². The Kier molecular flexibility index (Phi) is 656. The van der Waals surface area contributed by atoms with E-state index in [0.29, 0.717) is 0 Å². The molecule has 5 heavy (non-hydrogen) atoms. The summed E-state index contributed by atoms with van der Waals surface area (Å²) in [6.45, 7) is 0. The predicted molar refractivity (Wildman–Crippen MR) is 25.4 cm³/mol. The molecule has 0 aromatic carbocycles. The molecule has 0 atom stereocenters. The average molecular weight is 172 g/mol. The van der Waals surface area contributed by atoms with Gasteiger partial charge in [-0.05, 0) is 0 Å².